The third kappa shape index (κ3) is 4.72. The first-order chi connectivity index (χ1) is 15.0. The number of carbonyl (C=O) groups is 2. The van der Waals surface area contributed by atoms with Gasteiger partial charge in [-0.15, -0.1) is 11.3 Å². The van der Waals surface area contributed by atoms with Crippen molar-refractivity contribution < 1.29 is 23.5 Å². The van der Waals surface area contributed by atoms with Gasteiger partial charge in [0.2, 0.25) is 0 Å². The van der Waals surface area contributed by atoms with Gasteiger partial charge in [0.25, 0.3) is 0 Å². The summed E-state index contributed by atoms with van der Waals surface area (Å²) in [5, 5.41) is 2.23. The molecular weight excluding hydrogens is 433 g/mol. The minimum Gasteiger partial charge on any atom is -0.463 e. The molecule has 0 aliphatic carbocycles. The van der Waals surface area contributed by atoms with E-state index in [0.717, 1.165) is 0 Å². The fraction of sp³-hybridized carbons (Fsp3) is 0.391. The molecule has 0 saturated carbocycles. The summed E-state index contributed by atoms with van der Waals surface area (Å²) in [6.45, 7) is 10.3. The Morgan fingerprint density at radius 2 is 1.97 bits per heavy atom. The Hall–Kier alpha value is -3.07. The number of amides is 1. The lowest BCUT2D eigenvalue weighted by Crippen LogP contribution is -2.47. The first-order valence-electron chi connectivity index (χ1n) is 10.2. The maximum Gasteiger partial charge on any atom is 0.416 e. The molecule has 0 bridgehead atoms. The zero-order valence-corrected chi connectivity index (χ0v) is 19.7. The zero-order chi connectivity index (χ0) is 23.6. The molecule has 170 valence electrons. The predicted octanol–water partition coefficient (Wildman–Crippen LogP) is 5.17. The highest BCUT2D eigenvalue weighted by Gasteiger charge is 2.43. The van der Waals surface area contributed by atoms with Gasteiger partial charge in [-0.3, -0.25) is 0 Å². The van der Waals surface area contributed by atoms with Gasteiger partial charge in [0.1, 0.15) is 17.5 Å². The maximum atomic E-state index is 14.6. The van der Waals surface area contributed by atoms with E-state index >= 15 is 0 Å². The number of hydrogen-bond donors (Lipinski definition) is 0. The van der Waals surface area contributed by atoms with Crippen molar-refractivity contribution in [3.05, 3.63) is 63.0 Å². The van der Waals surface area contributed by atoms with Crippen LogP contribution in [-0.2, 0) is 14.3 Å². The summed E-state index contributed by atoms with van der Waals surface area (Å²) in [4.78, 5) is 36.6. The van der Waals surface area contributed by atoms with E-state index in [1.165, 1.54) is 28.4 Å². The van der Waals surface area contributed by atoms with Crippen molar-refractivity contribution in [1.82, 2.24) is 9.88 Å². The fourth-order valence-electron chi connectivity index (χ4n) is 3.39. The van der Waals surface area contributed by atoms with Gasteiger partial charge in [-0.05, 0) is 58.7 Å². The van der Waals surface area contributed by atoms with Crippen molar-refractivity contribution in [1.29, 1.82) is 0 Å². The van der Waals surface area contributed by atoms with Gasteiger partial charge in [0.15, 0.2) is 10.8 Å². The highest BCUT2D eigenvalue weighted by molar-refractivity contribution is 7.11. The monoisotopic (exact) mass is 459 g/mol. The van der Waals surface area contributed by atoms with Gasteiger partial charge in [-0.25, -0.2) is 28.9 Å². The molecule has 7 nitrogen and oxygen atoms in total. The van der Waals surface area contributed by atoms with Crippen LogP contribution in [0.4, 0.5) is 9.18 Å². The number of benzene rings is 1. The van der Waals surface area contributed by atoms with Crippen LogP contribution in [0.15, 0.2) is 46.0 Å². The van der Waals surface area contributed by atoms with Crippen molar-refractivity contribution in [2.24, 2.45) is 4.99 Å². The van der Waals surface area contributed by atoms with Crippen LogP contribution in [0.1, 0.15) is 56.8 Å². The van der Waals surface area contributed by atoms with Crippen LogP contribution in [0.2, 0.25) is 0 Å². The molecule has 0 spiro atoms. The number of hydrogen-bond acceptors (Lipinski definition) is 7. The largest absolute Gasteiger partial charge is 0.463 e. The molecule has 0 saturated heterocycles. The molecule has 9 heteroatoms. The van der Waals surface area contributed by atoms with E-state index in [1.54, 1.807) is 59.2 Å². The normalized spacial score (nSPS) is 16.7. The topological polar surface area (TPSA) is 81.1 Å². The van der Waals surface area contributed by atoms with Gasteiger partial charge < -0.3 is 9.47 Å². The van der Waals surface area contributed by atoms with E-state index in [0.29, 0.717) is 21.8 Å². The molecule has 1 aromatic carbocycles. The predicted molar refractivity (Wildman–Crippen MR) is 120 cm³/mol. The van der Waals surface area contributed by atoms with Gasteiger partial charge in [0, 0.05) is 11.6 Å². The molecule has 0 unspecified atom stereocenters. The third-order valence-electron chi connectivity index (χ3n) is 4.74. The summed E-state index contributed by atoms with van der Waals surface area (Å²) in [6.07, 6.45) is 0.868. The molecular formula is C23H26FN3O4S. The number of aliphatic imine (C=N–C) groups is 1. The molecule has 1 aliphatic rings. The molecule has 1 atom stereocenters. The fourth-order valence-corrected chi connectivity index (χ4v) is 4.01. The maximum absolute atomic E-state index is 14.6. The number of nitrogens with zero attached hydrogens (tertiary/aromatic N) is 3. The number of esters is 1. The lowest BCUT2D eigenvalue weighted by molar-refractivity contribution is -0.139. The number of thiazole rings is 1. The summed E-state index contributed by atoms with van der Waals surface area (Å²) in [6, 6.07) is 3.54. The van der Waals surface area contributed by atoms with Crippen molar-refractivity contribution in [3.63, 3.8) is 0 Å². The standard InChI is InChI=1S/C23H26FN3O4S/c1-7-30-21(28)17-14(3)26-19(20-25-11-12-32-20)27(22(29)31-23(4,5)6)18(17)15-9-8-10-16(24)13(15)2/h8-12,18H,7H2,1-6H3/t18-/m0/s1. The van der Waals surface area contributed by atoms with E-state index in [-0.39, 0.29) is 18.0 Å². The van der Waals surface area contributed by atoms with E-state index in [9.17, 15) is 14.0 Å². The van der Waals surface area contributed by atoms with Gasteiger partial charge in [0.05, 0.1) is 17.9 Å². The zero-order valence-electron chi connectivity index (χ0n) is 18.9. The molecule has 1 amide bonds. The van der Waals surface area contributed by atoms with E-state index in [1.807, 2.05) is 0 Å². The molecule has 0 N–H and O–H groups in total. The Labute approximate surface area is 190 Å². The van der Waals surface area contributed by atoms with Gasteiger partial charge in [-0.1, -0.05) is 12.1 Å². The molecule has 2 aromatic rings. The third-order valence-corrected chi connectivity index (χ3v) is 5.51. The van der Waals surface area contributed by atoms with E-state index in [2.05, 4.69) is 9.98 Å². The first-order valence-corrected chi connectivity index (χ1v) is 11.1. The quantitative estimate of drug-likeness (QED) is 0.590. The van der Waals surface area contributed by atoms with Crippen LogP contribution in [0.25, 0.3) is 0 Å². The lowest BCUT2D eigenvalue weighted by atomic mass is 9.90. The molecule has 32 heavy (non-hydrogen) atoms. The lowest BCUT2D eigenvalue weighted by Gasteiger charge is -2.37. The summed E-state index contributed by atoms with van der Waals surface area (Å²) in [5.74, 6) is -0.853. The van der Waals surface area contributed by atoms with Crippen molar-refractivity contribution in [3.8, 4) is 0 Å². The van der Waals surface area contributed by atoms with Crippen LogP contribution in [0, 0.1) is 12.7 Å². The van der Waals surface area contributed by atoms with Crippen LogP contribution >= 0.6 is 11.3 Å². The first kappa shape index (κ1) is 23.6. The van der Waals surface area contributed by atoms with Crippen LogP contribution < -0.4 is 0 Å². The summed E-state index contributed by atoms with van der Waals surface area (Å²) in [5.41, 5.74) is 0.435. The second kappa shape index (κ2) is 9.20. The van der Waals surface area contributed by atoms with Crippen molar-refractivity contribution in [2.45, 2.75) is 53.2 Å². The van der Waals surface area contributed by atoms with Crippen molar-refractivity contribution >= 4 is 29.2 Å². The summed E-state index contributed by atoms with van der Waals surface area (Å²) in [7, 11) is 0. The average molecular weight is 460 g/mol. The second-order valence-corrected chi connectivity index (χ2v) is 9.09. The van der Waals surface area contributed by atoms with Crippen LogP contribution in [-0.4, -0.2) is 40.0 Å². The second-order valence-electron chi connectivity index (χ2n) is 8.20. The Kier molecular flexibility index (Phi) is 6.78. The smallest absolute Gasteiger partial charge is 0.416 e. The number of ether oxygens (including phenoxy) is 2. The Bertz CT molecular complexity index is 1090. The van der Waals surface area contributed by atoms with Crippen molar-refractivity contribution in [2.75, 3.05) is 6.61 Å². The number of rotatable bonds is 4. The number of amidine groups is 1. The van der Waals surface area contributed by atoms with Gasteiger partial charge in [-0.2, -0.15) is 0 Å². The highest BCUT2D eigenvalue weighted by atomic mass is 32.1. The minimum absolute atomic E-state index is 0.139. The Balaban J connectivity index is 2.30. The van der Waals surface area contributed by atoms with Crippen LogP contribution in [0.3, 0.4) is 0 Å². The number of allylic oxidation sites excluding steroid dienone is 1. The highest BCUT2D eigenvalue weighted by Crippen LogP contribution is 2.40. The molecule has 3 rings (SSSR count). The van der Waals surface area contributed by atoms with Crippen LogP contribution in [0.5, 0.6) is 0 Å². The Morgan fingerprint density at radius 3 is 2.56 bits per heavy atom. The minimum atomic E-state index is -1.00. The molecule has 1 aromatic heterocycles. The molecule has 1 aliphatic heterocycles. The average Bonchev–Trinajstić information content (AvgIpc) is 3.22. The molecule has 0 fully saturated rings. The van der Waals surface area contributed by atoms with E-state index in [4.69, 9.17) is 9.47 Å². The van der Waals surface area contributed by atoms with Gasteiger partial charge >= 0.3 is 12.1 Å². The summed E-state index contributed by atoms with van der Waals surface area (Å²) >= 11 is 1.29. The summed E-state index contributed by atoms with van der Waals surface area (Å²) < 4.78 is 25.5. The number of halogens is 1. The number of aromatic nitrogens is 1. The molecule has 0 radical (unpaired) electrons. The molecule has 2 heterocycles. The van der Waals surface area contributed by atoms with E-state index < -0.39 is 29.5 Å². The Morgan fingerprint density at radius 1 is 1.25 bits per heavy atom. The SMILES string of the molecule is CCOC(=O)C1=C(C)N=C(c2nccs2)N(C(=O)OC(C)(C)C)[C@H]1c1cccc(F)c1C. The number of carbonyl (C=O) groups excluding carboxylic acids is 2.